The van der Waals surface area contributed by atoms with Crippen molar-refractivity contribution in [3.8, 4) is 0 Å². The normalized spacial score (nSPS) is 18.2. The maximum atomic E-state index is 12.5. The van der Waals surface area contributed by atoms with Crippen LogP contribution in [-0.4, -0.2) is 46.7 Å². The van der Waals surface area contributed by atoms with Gasteiger partial charge < -0.3 is 10.2 Å². The number of carbonyl (C=O) groups excluding carboxylic acids is 1. The highest BCUT2D eigenvalue weighted by molar-refractivity contribution is 6.03. The molecule has 0 bridgehead atoms. The Morgan fingerprint density at radius 3 is 2.55 bits per heavy atom. The number of hydrogen-bond acceptors (Lipinski definition) is 5. The zero-order valence-electron chi connectivity index (χ0n) is 16.2. The van der Waals surface area contributed by atoms with Crippen LogP contribution in [0.5, 0.6) is 0 Å². The number of para-hydroxylation sites is 1. The van der Waals surface area contributed by atoms with Gasteiger partial charge in [0.05, 0.1) is 0 Å². The van der Waals surface area contributed by atoms with Crippen LogP contribution in [0.3, 0.4) is 0 Å². The first-order chi connectivity index (χ1) is 14.3. The molecule has 3 heterocycles. The van der Waals surface area contributed by atoms with Gasteiger partial charge in [-0.2, -0.15) is 0 Å². The van der Waals surface area contributed by atoms with Crippen LogP contribution in [0, 0.1) is 0 Å². The average Bonchev–Trinajstić information content (AvgIpc) is 3.12. The number of carbonyl (C=O) groups is 1. The second kappa shape index (κ2) is 7.64. The summed E-state index contributed by atoms with van der Waals surface area (Å²) in [5, 5.41) is 11.5. The minimum absolute atomic E-state index is 0.220. The van der Waals surface area contributed by atoms with Crippen LogP contribution >= 0.6 is 0 Å². The molecule has 2 aliphatic heterocycles. The third-order valence-corrected chi connectivity index (χ3v) is 5.66. The number of anilines is 2. The van der Waals surface area contributed by atoms with Crippen LogP contribution in [0.25, 0.3) is 0 Å². The molecule has 2 aromatic carbocycles. The number of fused-ring (bicyclic) bond motifs is 3. The summed E-state index contributed by atoms with van der Waals surface area (Å²) in [4.78, 5) is 17.4. The van der Waals surface area contributed by atoms with Gasteiger partial charge in [0.15, 0.2) is 11.5 Å². The maximum Gasteiger partial charge on any atom is 0.276 e. The number of benzene rings is 2. The molecule has 5 rings (SSSR count). The van der Waals surface area contributed by atoms with Crippen molar-refractivity contribution in [2.45, 2.75) is 19.0 Å². The molecule has 1 aromatic heterocycles. The van der Waals surface area contributed by atoms with Crippen LogP contribution in [0.2, 0.25) is 0 Å². The second-order valence-corrected chi connectivity index (χ2v) is 7.67. The first kappa shape index (κ1) is 17.8. The molecule has 146 valence electrons. The number of rotatable bonds is 4. The van der Waals surface area contributed by atoms with Gasteiger partial charge in [-0.15, -0.1) is 10.2 Å². The highest BCUT2D eigenvalue weighted by atomic mass is 16.1. The van der Waals surface area contributed by atoms with Crippen molar-refractivity contribution in [3.63, 3.8) is 0 Å². The highest BCUT2D eigenvalue weighted by Gasteiger charge is 2.36. The van der Waals surface area contributed by atoms with Crippen LogP contribution in [0.4, 0.5) is 11.5 Å². The van der Waals surface area contributed by atoms with E-state index >= 15 is 0 Å². The summed E-state index contributed by atoms with van der Waals surface area (Å²) in [6, 6.07) is 22.3. The first-order valence-electron chi connectivity index (χ1n) is 10.0. The molecule has 6 nitrogen and oxygen atoms in total. The lowest BCUT2D eigenvalue weighted by molar-refractivity contribution is 0.102. The highest BCUT2D eigenvalue weighted by Crippen LogP contribution is 2.32. The Balaban J connectivity index is 1.27. The zero-order valence-corrected chi connectivity index (χ0v) is 16.2. The van der Waals surface area contributed by atoms with E-state index in [2.05, 4.69) is 55.6 Å². The molecular formula is C23H23N5O. The van der Waals surface area contributed by atoms with E-state index in [0.29, 0.717) is 11.7 Å². The quantitative estimate of drug-likeness (QED) is 0.748. The molecule has 1 amide bonds. The Hall–Kier alpha value is -3.25. The Bertz CT molecular complexity index is 1010. The fraction of sp³-hybridized carbons (Fsp3) is 0.261. The molecule has 1 saturated heterocycles. The molecule has 6 heteroatoms. The average molecular weight is 385 g/mol. The minimum Gasteiger partial charge on any atom is -0.349 e. The molecule has 2 aliphatic rings. The Kier molecular flexibility index (Phi) is 4.69. The summed E-state index contributed by atoms with van der Waals surface area (Å²) in [5.41, 5.74) is 3.59. The Morgan fingerprint density at radius 2 is 1.76 bits per heavy atom. The van der Waals surface area contributed by atoms with E-state index in [1.165, 1.54) is 5.56 Å². The summed E-state index contributed by atoms with van der Waals surface area (Å²) in [6.45, 7) is 3.91. The van der Waals surface area contributed by atoms with Crippen molar-refractivity contribution in [3.05, 3.63) is 83.6 Å². The van der Waals surface area contributed by atoms with Crippen molar-refractivity contribution >= 4 is 17.4 Å². The van der Waals surface area contributed by atoms with Crippen molar-refractivity contribution < 1.29 is 4.79 Å². The van der Waals surface area contributed by atoms with Gasteiger partial charge in [-0.05, 0) is 30.2 Å². The third kappa shape index (κ3) is 3.71. The molecular weight excluding hydrogens is 362 g/mol. The van der Waals surface area contributed by atoms with Crippen LogP contribution < -0.4 is 10.2 Å². The molecule has 0 spiro atoms. The van der Waals surface area contributed by atoms with Crippen molar-refractivity contribution in [1.29, 1.82) is 0 Å². The SMILES string of the molecule is O=C(Nc1ccccc1)c1cc2c(nn1)N1CCN(Cc3ccccc3)CC1C2. The summed E-state index contributed by atoms with van der Waals surface area (Å²) < 4.78 is 0. The summed E-state index contributed by atoms with van der Waals surface area (Å²) in [7, 11) is 0. The van der Waals surface area contributed by atoms with Gasteiger partial charge in [-0.25, -0.2) is 0 Å². The van der Waals surface area contributed by atoms with Crippen LogP contribution in [-0.2, 0) is 13.0 Å². The predicted molar refractivity (Wildman–Crippen MR) is 113 cm³/mol. The van der Waals surface area contributed by atoms with E-state index in [4.69, 9.17) is 0 Å². The minimum atomic E-state index is -0.220. The van der Waals surface area contributed by atoms with Crippen molar-refractivity contribution in [2.75, 3.05) is 29.9 Å². The van der Waals surface area contributed by atoms with Gasteiger partial charge in [0, 0.05) is 43.5 Å². The smallest absolute Gasteiger partial charge is 0.276 e. The van der Waals surface area contributed by atoms with Crippen LogP contribution in [0.1, 0.15) is 21.6 Å². The van der Waals surface area contributed by atoms with Crippen molar-refractivity contribution in [1.82, 2.24) is 15.1 Å². The molecule has 0 saturated carbocycles. The molecule has 1 fully saturated rings. The largest absolute Gasteiger partial charge is 0.349 e. The van der Waals surface area contributed by atoms with Gasteiger partial charge in [-0.1, -0.05) is 48.5 Å². The number of nitrogens with one attached hydrogen (secondary N) is 1. The number of hydrogen-bond donors (Lipinski definition) is 1. The molecule has 1 N–H and O–H groups in total. The van der Waals surface area contributed by atoms with E-state index < -0.39 is 0 Å². The second-order valence-electron chi connectivity index (χ2n) is 7.67. The molecule has 1 unspecified atom stereocenters. The molecule has 0 aliphatic carbocycles. The number of nitrogens with zero attached hydrogens (tertiary/aromatic N) is 4. The fourth-order valence-corrected chi connectivity index (χ4v) is 4.26. The van der Waals surface area contributed by atoms with E-state index in [1.54, 1.807) is 0 Å². The van der Waals surface area contributed by atoms with Gasteiger partial charge in [0.2, 0.25) is 0 Å². The van der Waals surface area contributed by atoms with Gasteiger partial charge >= 0.3 is 0 Å². The fourth-order valence-electron chi connectivity index (χ4n) is 4.26. The van der Waals surface area contributed by atoms with Gasteiger partial charge in [-0.3, -0.25) is 9.69 Å². The maximum absolute atomic E-state index is 12.5. The first-order valence-corrected chi connectivity index (χ1v) is 10.0. The molecule has 0 radical (unpaired) electrons. The molecule has 3 aromatic rings. The summed E-state index contributed by atoms with van der Waals surface area (Å²) in [6.07, 6.45) is 0.905. The summed E-state index contributed by atoms with van der Waals surface area (Å²) in [5.74, 6) is 0.715. The Labute approximate surface area is 170 Å². The predicted octanol–water partition coefficient (Wildman–Crippen LogP) is 2.98. The lowest BCUT2D eigenvalue weighted by Crippen LogP contribution is -2.51. The zero-order chi connectivity index (χ0) is 19.6. The number of aromatic nitrogens is 2. The monoisotopic (exact) mass is 385 g/mol. The van der Waals surface area contributed by atoms with E-state index in [1.807, 2.05) is 36.4 Å². The Morgan fingerprint density at radius 1 is 1.00 bits per heavy atom. The van der Waals surface area contributed by atoms with Crippen LogP contribution in [0.15, 0.2) is 66.7 Å². The van der Waals surface area contributed by atoms with E-state index in [9.17, 15) is 4.79 Å². The number of amides is 1. The van der Waals surface area contributed by atoms with E-state index in [-0.39, 0.29) is 5.91 Å². The van der Waals surface area contributed by atoms with Gasteiger partial charge in [0.1, 0.15) is 0 Å². The number of piperazine rings is 1. The molecule has 29 heavy (non-hydrogen) atoms. The van der Waals surface area contributed by atoms with Crippen molar-refractivity contribution in [2.24, 2.45) is 0 Å². The lowest BCUT2D eigenvalue weighted by atomic mass is 10.1. The van der Waals surface area contributed by atoms with Gasteiger partial charge in [0.25, 0.3) is 5.91 Å². The molecule has 1 atom stereocenters. The third-order valence-electron chi connectivity index (χ3n) is 5.66. The summed E-state index contributed by atoms with van der Waals surface area (Å²) >= 11 is 0. The standard InChI is InChI=1S/C23H23N5O/c29-23(24-19-9-5-2-6-10-19)21-14-18-13-20-16-27(15-17-7-3-1-4-8-17)11-12-28(20)22(18)26-25-21/h1-10,14,20H,11-13,15-16H2,(H,24,29). The lowest BCUT2D eigenvalue weighted by Gasteiger charge is -2.38. The topological polar surface area (TPSA) is 61.4 Å². The van der Waals surface area contributed by atoms with E-state index in [0.717, 1.165) is 49.7 Å².